The van der Waals surface area contributed by atoms with E-state index in [-0.39, 0.29) is 10.8 Å². The van der Waals surface area contributed by atoms with E-state index in [1.807, 2.05) is 24.3 Å². The number of benzene rings is 2. The summed E-state index contributed by atoms with van der Waals surface area (Å²) in [6.45, 7) is 2.50. The Morgan fingerprint density at radius 2 is 1.55 bits per heavy atom. The van der Waals surface area contributed by atoms with E-state index in [1.165, 1.54) is 29.8 Å². The fourth-order valence-electron chi connectivity index (χ4n) is 1.97. The van der Waals surface area contributed by atoms with Gasteiger partial charge < -0.3 is 5.32 Å². The van der Waals surface area contributed by atoms with E-state index >= 15 is 0 Å². The molecule has 1 amide bonds. The van der Waals surface area contributed by atoms with E-state index in [2.05, 4.69) is 12.2 Å². The highest BCUT2D eigenvalue weighted by atomic mass is 32.2. The molecule has 2 aromatic rings. The molecule has 3 N–H and O–H groups in total. The van der Waals surface area contributed by atoms with Crippen molar-refractivity contribution in [2.24, 2.45) is 5.14 Å². The summed E-state index contributed by atoms with van der Waals surface area (Å²) >= 11 is 0. The summed E-state index contributed by atoms with van der Waals surface area (Å²) in [6, 6.07) is 13.5. The maximum absolute atomic E-state index is 12.0. The Labute approximate surface area is 130 Å². The second-order valence-corrected chi connectivity index (χ2v) is 6.48. The second kappa shape index (κ2) is 6.72. The molecule has 0 atom stereocenters. The zero-order valence-electron chi connectivity index (χ0n) is 12.2. The predicted molar refractivity (Wildman–Crippen MR) is 84.8 cm³/mol. The van der Waals surface area contributed by atoms with Crippen LogP contribution in [0.2, 0.25) is 0 Å². The summed E-state index contributed by atoms with van der Waals surface area (Å²) in [6.07, 6.45) is 0.975. The predicted octanol–water partition coefficient (Wildman–Crippen LogP) is 1.83. The van der Waals surface area contributed by atoms with Crippen molar-refractivity contribution in [3.8, 4) is 0 Å². The van der Waals surface area contributed by atoms with Crippen LogP contribution in [0.15, 0.2) is 53.4 Å². The summed E-state index contributed by atoms with van der Waals surface area (Å²) in [5, 5.41) is 7.80. The van der Waals surface area contributed by atoms with Gasteiger partial charge in [0.25, 0.3) is 5.91 Å². The van der Waals surface area contributed by atoms with Crippen molar-refractivity contribution in [2.75, 3.05) is 0 Å². The summed E-state index contributed by atoms with van der Waals surface area (Å²) in [4.78, 5) is 12.0. The number of hydrogen-bond acceptors (Lipinski definition) is 3. The van der Waals surface area contributed by atoms with Gasteiger partial charge in [0, 0.05) is 12.1 Å². The molecular formula is C16H18N2O3S. The van der Waals surface area contributed by atoms with Gasteiger partial charge in [0.05, 0.1) is 4.90 Å². The van der Waals surface area contributed by atoms with Crippen molar-refractivity contribution in [3.05, 3.63) is 65.2 Å². The van der Waals surface area contributed by atoms with Gasteiger partial charge >= 0.3 is 0 Å². The Hall–Kier alpha value is -2.18. The summed E-state index contributed by atoms with van der Waals surface area (Å²) in [5.41, 5.74) is 2.64. The molecule has 0 fully saturated rings. The highest BCUT2D eigenvalue weighted by Crippen LogP contribution is 2.09. The summed E-state index contributed by atoms with van der Waals surface area (Å²) in [5.74, 6) is -0.263. The number of aryl methyl sites for hydroxylation is 1. The van der Waals surface area contributed by atoms with Gasteiger partial charge in [-0.15, -0.1) is 0 Å². The Morgan fingerprint density at radius 1 is 1.00 bits per heavy atom. The molecule has 0 saturated heterocycles. The van der Waals surface area contributed by atoms with Crippen LogP contribution in [-0.4, -0.2) is 14.3 Å². The molecule has 0 radical (unpaired) electrons. The first-order valence-electron chi connectivity index (χ1n) is 6.89. The first-order valence-corrected chi connectivity index (χ1v) is 8.43. The smallest absolute Gasteiger partial charge is 0.251 e. The highest BCUT2D eigenvalue weighted by Gasteiger charge is 2.10. The minimum Gasteiger partial charge on any atom is -0.348 e. The average molecular weight is 318 g/mol. The molecule has 0 spiro atoms. The van der Waals surface area contributed by atoms with Crippen LogP contribution in [-0.2, 0) is 23.0 Å². The number of amides is 1. The molecule has 22 heavy (non-hydrogen) atoms. The monoisotopic (exact) mass is 318 g/mol. The molecule has 116 valence electrons. The number of primary sulfonamides is 1. The molecule has 0 aromatic heterocycles. The SMILES string of the molecule is CCc1ccc(CNC(=O)c2ccc(S(N)(=O)=O)cc2)cc1. The minimum absolute atomic E-state index is 0.0146. The standard InChI is InChI=1S/C16H18N2O3S/c1-2-12-3-5-13(6-4-12)11-18-16(19)14-7-9-15(10-8-14)22(17,20)21/h3-10H,2,11H2,1H3,(H,18,19)(H2,17,20,21). The summed E-state index contributed by atoms with van der Waals surface area (Å²) in [7, 11) is -3.74. The zero-order valence-corrected chi connectivity index (χ0v) is 13.1. The molecule has 0 heterocycles. The number of rotatable bonds is 5. The van der Waals surface area contributed by atoms with Crippen molar-refractivity contribution in [3.63, 3.8) is 0 Å². The van der Waals surface area contributed by atoms with Crippen LogP contribution in [0.4, 0.5) is 0 Å². The van der Waals surface area contributed by atoms with Crippen molar-refractivity contribution in [1.29, 1.82) is 0 Å². The Kier molecular flexibility index (Phi) is 4.95. The summed E-state index contributed by atoms with van der Waals surface area (Å²) < 4.78 is 22.3. The molecule has 6 heteroatoms. The van der Waals surface area contributed by atoms with Gasteiger partial charge in [0.2, 0.25) is 10.0 Å². The molecule has 2 aromatic carbocycles. The van der Waals surface area contributed by atoms with Crippen LogP contribution < -0.4 is 10.5 Å². The van der Waals surface area contributed by atoms with Gasteiger partial charge in [-0.2, -0.15) is 0 Å². The molecule has 0 unspecified atom stereocenters. The van der Waals surface area contributed by atoms with Crippen LogP contribution in [0.1, 0.15) is 28.4 Å². The molecule has 0 saturated carbocycles. The third-order valence-corrected chi connectivity index (χ3v) is 4.26. The van der Waals surface area contributed by atoms with Crippen LogP contribution in [0, 0.1) is 0 Å². The molecular weight excluding hydrogens is 300 g/mol. The van der Waals surface area contributed by atoms with Crippen molar-refractivity contribution in [2.45, 2.75) is 24.8 Å². The van der Waals surface area contributed by atoms with Gasteiger partial charge in [0.1, 0.15) is 0 Å². The third kappa shape index (κ3) is 4.16. The number of nitrogens with two attached hydrogens (primary N) is 1. The molecule has 2 rings (SSSR count). The molecule has 0 bridgehead atoms. The third-order valence-electron chi connectivity index (χ3n) is 3.33. The van der Waals surface area contributed by atoms with Gasteiger partial charge in [-0.3, -0.25) is 4.79 Å². The first kappa shape index (κ1) is 16.2. The Balaban J connectivity index is 1.99. The first-order chi connectivity index (χ1) is 10.4. The van der Waals surface area contributed by atoms with E-state index < -0.39 is 10.0 Å². The molecule has 0 aliphatic carbocycles. The fourth-order valence-corrected chi connectivity index (χ4v) is 2.49. The van der Waals surface area contributed by atoms with E-state index in [4.69, 9.17) is 5.14 Å². The second-order valence-electron chi connectivity index (χ2n) is 4.92. The topological polar surface area (TPSA) is 89.3 Å². The van der Waals surface area contributed by atoms with E-state index in [0.717, 1.165) is 12.0 Å². The quantitative estimate of drug-likeness (QED) is 0.881. The number of carbonyl (C=O) groups is 1. The number of sulfonamides is 1. The number of nitrogens with one attached hydrogen (secondary N) is 1. The normalized spacial score (nSPS) is 11.2. The lowest BCUT2D eigenvalue weighted by molar-refractivity contribution is 0.0951. The maximum atomic E-state index is 12.0. The Morgan fingerprint density at radius 3 is 2.05 bits per heavy atom. The minimum atomic E-state index is -3.74. The highest BCUT2D eigenvalue weighted by molar-refractivity contribution is 7.89. The van der Waals surface area contributed by atoms with Crippen LogP contribution in [0.3, 0.4) is 0 Å². The maximum Gasteiger partial charge on any atom is 0.251 e. The van der Waals surface area contributed by atoms with Gasteiger partial charge in [-0.05, 0) is 41.8 Å². The fraction of sp³-hybridized carbons (Fsp3) is 0.188. The Bertz CT molecular complexity index is 751. The lowest BCUT2D eigenvalue weighted by Gasteiger charge is -2.07. The molecule has 5 nitrogen and oxygen atoms in total. The number of carbonyl (C=O) groups excluding carboxylic acids is 1. The largest absolute Gasteiger partial charge is 0.348 e. The van der Waals surface area contributed by atoms with Crippen molar-refractivity contribution in [1.82, 2.24) is 5.32 Å². The van der Waals surface area contributed by atoms with E-state index in [0.29, 0.717) is 12.1 Å². The van der Waals surface area contributed by atoms with E-state index in [9.17, 15) is 13.2 Å². The van der Waals surface area contributed by atoms with Crippen LogP contribution >= 0.6 is 0 Å². The van der Waals surface area contributed by atoms with Gasteiger partial charge in [0.15, 0.2) is 0 Å². The molecule has 0 aliphatic rings. The van der Waals surface area contributed by atoms with Crippen molar-refractivity contribution < 1.29 is 13.2 Å². The van der Waals surface area contributed by atoms with E-state index in [1.54, 1.807) is 0 Å². The average Bonchev–Trinajstić information content (AvgIpc) is 2.52. The van der Waals surface area contributed by atoms with Gasteiger partial charge in [-0.1, -0.05) is 31.2 Å². The zero-order chi connectivity index (χ0) is 16.2. The van der Waals surface area contributed by atoms with Crippen LogP contribution in [0.5, 0.6) is 0 Å². The lowest BCUT2D eigenvalue weighted by atomic mass is 10.1. The van der Waals surface area contributed by atoms with Gasteiger partial charge in [-0.25, -0.2) is 13.6 Å². The molecule has 0 aliphatic heterocycles. The lowest BCUT2D eigenvalue weighted by Crippen LogP contribution is -2.23. The van der Waals surface area contributed by atoms with Crippen molar-refractivity contribution >= 4 is 15.9 Å². The van der Waals surface area contributed by atoms with Crippen LogP contribution in [0.25, 0.3) is 0 Å². The number of hydrogen-bond donors (Lipinski definition) is 2.